The molecule has 0 saturated carbocycles. The summed E-state index contributed by atoms with van der Waals surface area (Å²) in [6.07, 6.45) is 2.51. The Morgan fingerprint density at radius 1 is 1.17 bits per heavy atom. The van der Waals surface area contributed by atoms with E-state index >= 15 is 0 Å². The molecule has 1 saturated heterocycles. The molecule has 2 N–H and O–H groups in total. The summed E-state index contributed by atoms with van der Waals surface area (Å²) in [6, 6.07) is 7.70. The summed E-state index contributed by atoms with van der Waals surface area (Å²) in [7, 11) is 3.95. The summed E-state index contributed by atoms with van der Waals surface area (Å²) in [6.45, 7) is 4.06. The highest BCUT2D eigenvalue weighted by molar-refractivity contribution is 5.94. The summed E-state index contributed by atoms with van der Waals surface area (Å²) in [5.41, 5.74) is 1.79. The first-order valence-electron chi connectivity index (χ1n) is 8.62. The fourth-order valence-corrected chi connectivity index (χ4v) is 2.79. The maximum absolute atomic E-state index is 12.6. The highest BCUT2D eigenvalue weighted by Gasteiger charge is 2.24. The van der Waals surface area contributed by atoms with Crippen LogP contribution in [0.5, 0.6) is 0 Å². The van der Waals surface area contributed by atoms with Crippen molar-refractivity contribution in [2.75, 3.05) is 38.6 Å². The number of likely N-dealkylation sites (tertiary alicyclic amines) is 1. The second-order valence-electron chi connectivity index (χ2n) is 6.41. The third-order valence-electron chi connectivity index (χ3n) is 4.28. The number of anilines is 1. The number of nitrogens with one attached hydrogen (secondary N) is 2. The molecule has 24 heavy (non-hydrogen) atoms. The maximum Gasteiger partial charge on any atom is 0.315 e. The summed E-state index contributed by atoms with van der Waals surface area (Å²) < 4.78 is 0. The first-order chi connectivity index (χ1) is 11.5. The number of amides is 3. The highest BCUT2D eigenvalue weighted by atomic mass is 16.2. The molecule has 0 radical (unpaired) electrons. The summed E-state index contributed by atoms with van der Waals surface area (Å²) >= 11 is 0. The minimum absolute atomic E-state index is 0.0641. The first-order valence-corrected chi connectivity index (χ1v) is 8.62. The lowest BCUT2D eigenvalue weighted by molar-refractivity contribution is 0.0708. The number of hydrogen-bond donors (Lipinski definition) is 2. The number of rotatable bonds is 5. The van der Waals surface area contributed by atoms with Crippen molar-refractivity contribution in [1.82, 2.24) is 15.5 Å². The van der Waals surface area contributed by atoms with Crippen molar-refractivity contribution in [2.45, 2.75) is 32.2 Å². The Balaban J connectivity index is 1.83. The number of carbonyl (C=O) groups excluding carboxylic acids is 2. The number of urea groups is 1. The van der Waals surface area contributed by atoms with Crippen LogP contribution in [0.15, 0.2) is 24.3 Å². The Bertz CT molecular complexity index is 549. The van der Waals surface area contributed by atoms with Gasteiger partial charge in [0.1, 0.15) is 0 Å². The lowest BCUT2D eigenvalue weighted by atomic mass is 10.0. The Hall–Kier alpha value is -2.24. The molecule has 0 aliphatic carbocycles. The first kappa shape index (κ1) is 18.1. The summed E-state index contributed by atoms with van der Waals surface area (Å²) in [5, 5.41) is 5.80. The van der Waals surface area contributed by atoms with Crippen LogP contribution < -0.4 is 15.5 Å². The van der Waals surface area contributed by atoms with Gasteiger partial charge in [0.2, 0.25) is 0 Å². The van der Waals surface area contributed by atoms with E-state index in [9.17, 15) is 9.59 Å². The van der Waals surface area contributed by atoms with Gasteiger partial charge in [-0.3, -0.25) is 4.79 Å². The van der Waals surface area contributed by atoms with Crippen molar-refractivity contribution >= 4 is 17.6 Å². The molecule has 6 heteroatoms. The molecule has 1 aromatic rings. The normalized spacial score (nSPS) is 15.0. The zero-order chi connectivity index (χ0) is 17.5. The van der Waals surface area contributed by atoms with Crippen molar-refractivity contribution in [3.8, 4) is 0 Å². The minimum atomic E-state index is -0.110. The van der Waals surface area contributed by atoms with E-state index in [1.165, 1.54) is 0 Å². The van der Waals surface area contributed by atoms with Gasteiger partial charge in [0, 0.05) is 51.0 Å². The van der Waals surface area contributed by atoms with Gasteiger partial charge in [-0.05, 0) is 43.5 Å². The molecule has 3 amide bonds. The van der Waals surface area contributed by atoms with Gasteiger partial charge in [-0.25, -0.2) is 4.79 Å². The third-order valence-corrected chi connectivity index (χ3v) is 4.28. The predicted molar refractivity (Wildman–Crippen MR) is 96.5 cm³/mol. The molecule has 0 bridgehead atoms. The monoisotopic (exact) mass is 332 g/mol. The SMILES string of the molecule is CCCNC(=O)NC1CCN(C(=O)c2ccc(N(C)C)cc2)CC1. The van der Waals surface area contributed by atoms with Crippen LogP contribution in [0.1, 0.15) is 36.5 Å². The van der Waals surface area contributed by atoms with Crippen molar-refractivity contribution in [1.29, 1.82) is 0 Å². The van der Waals surface area contributed by atoms with Gasteiger partial charge in [-0.2, -0.15) is 0 Å². The smallest absolute Gasteiger partial charge is 0.315 e. The van der Waals surface area contributed by atoms with Gasteiger partial charge in [-0.1, -0.05) is 6.92 Å². The van der Waals surface area contributed by atoms with Crippen LogP contribution in [0.25, 0.3) is 0 Å². The third kappa shape index (κ3) is 4.88. The molecule has 0 spiro atoms. The Morgan fingerprint density at radius 2 is 1.79 bits per heavy atom. The van der Waals surface area contributed by atoms with Crippen LogP contribution in [0, 0.1) is 0 Å². The predicted octanol–water partition coefficient (Wildman–Crippen LogP) is 2.07. The van der Waals surface area contributed by atoms with E-state index in [0.717, 1.165) is 24.9 Å². The molecule has 6 nitrogen and oxygen atoms in total. The van der Waals surface area contributed by atoms with E-state index in [4.69, 9.17) is 0 Å². The molecule has 2 rings (SSSR count). The summed E-state index contributed by atoms with van der Waals surface area (Å²) in [5.74, 6) is 0.0641. The lowest BCUT2D eigenvalue weighted by Crippen LogP contribution is -2.49. The Morgan fingerprint density at radius 3 is 2.33 bits per heavy atom. The van der Waals surface area contributed by atoms with Gasteiger partial charge >= 0.3 is 6.03 Å². The fourth-order valence-electron chi connectivity index (χ4n) is 2.79. The van der Waals surface area contributed by atoms with Crippen molar-refractivity contribution < 1.29 is 9.59 Å². The molecule has 0 atom stereocenters. The van der Waals surface area contributed by atoms with E-state index in [0.29, 0.717) is 25.2 Å². The van der Waals surface area contributed by atoms with Gasteiger partial charge in [0.05, 0.1) is 0 Å². The van der Waals surface area contributed by atoms with E-state index in [-0.39, 0.29) is 18.0 Å². The van der Waals surface area contributed by atoms with Crippen molar-refractivity contribution in [3.05, 3.63) is 29.8 Å². The number of carbonyl (C=O) groups is 2. The quantitative estimate of drug-likeness (QED) is 0.867. The minimum Gasteiger partial charge on any atom is -0.378 e. The lowest BCUT2D eigenvalue weighted by Gasteiger charge is -2.32. The largest absolute Gasteiger partial charge is 0.378 e. The Labute approximate surface area is 144 Å². The van der Waals surface area contributed by atoms with E-state index in [1.807, 2.05) is 55.1 Å². The van der Waals surface area contributed by atoms with Crippen LogP contribution in [0.2, 0.25) is 0 Å². The molecule has 1 heterocycles. The second-order valence-corrected chi connectivity index (χ2v) is 6.41. The molecular formula is C18H28N4O2. The van der Waals surface area contributed by atoms with Crippen LogP contribution in [-0.4, -0.2) is 56.6 Å². The van der Waals surface area contributed by atoms with Gasteiger partial charge in [0.25, 0.3) is 5.91 Å². The van der Waals surface area contributed by atoms with Crippen LogP contribution in [0.3, 0.4) is 0 Å². The fraction of sp³-hybridized carbons (Fsp3) is 0.556. The highest BCUT2D eigenvalue weighted by Crippen LogP contribution is 2.17. The van der Waals surface area contributed by atoms with Crippen molar-refractivity contribution in [3.63, 3.8) is 0 Å². The molecule has 0 unspecified atom stereocenters. The van der Waals surface area contributed by atoms with Gasteiger partial charge < -0.3 is 20.4 Å². The zero-order valence-electron chi connectivity index (χ0n) is 14.8. The van der Waals surface area contributed by atoms with E-state index < -0.39 is 0 Å². The van der Waals surface area contributed by atoms with Crippen LogP contribution in [0.4, 0.5) is 10.5 Å². The molecule has 0 aromatic heterocycles. The average molecular weight is 332 g/mol. The molecule has 1 fully saturated rings. The number of piperidine rings is 1. The van der Waals surface area contributed by atoms with Crippen LogP contribution >= 0.6 is 0 Å². The molecular weight excluding hydrogens is 304 g/mol. The van der Waals surface area contributed by atoms with Crippen molar-refractivity contribution in [2.24, 2.45) is 0 Å². The van der Waals surface area contributed by atoms with E-state index in [1.54, 1.807) is 0 Å². The number of benzene rings is 1. The Kier molecular flexibility index (Phi) is 6.46. The zero-order valence-corrected chi connectivity index (χ0v) is 14.8. The average Bonchev–Trinajstić information content (AvgIpc) is 2.60. The molecule has 132 valence electrons. The second kappa shape index (κ2) is 8.57. The summed E-state index contributed by atoms with van der Waals surface area (Å²) in [4.78, 5) is 28.1. The number of nitrogens with zero attached hydrogens (tertiary/aromatic N) is 2. The van der Waals surface area contributed by atoms with E-state index in [2.05, 4.69) is 10.6 Å². The van der Waals surface area contributed by atoms with Crippen LogP contribution in [-0.2, 0) is 0 Å². The van der Waals surface area contributed by atoms with Gasteiger partial charge in [-0.15, -0.1) is 0 Å². The number of hydrogen-bond acceptors (Lipinski definition) is 3. The molecule has 1 aliphatic rings. The topological polar surface area (TPSA) is 64.7 Å². The molecule has 1 aromatic carbocycles. The van der Waals surface area contributed by atoms with Gasteiger partial charge in [0.15, 0.2) is 0 Å². The maximum atomic E-state index is 12.6. The molecule has 1 aliphatic heterocycles. The standard InChI is InChI=1S/C18H28N4O2/c1-4-11-19-18(24)20-15-9-12-22(13-10-15)17(23)14-5-7-16(8-6-14)21(2)3/h5-8,15H,4,9-13H2,1-3H3,(H2,19,20,24).